The van der Waals surface area contributed by atoms with Gasteiger partial charge in [0.15, 0.2) is 0 Å². The van der Waals surface area contributed by atoms with Gasteiger partial charge < -0.3 is 14.6 Å². The second-order valence-electron chi connectivity index (χ2n) is 5.02. The SMILES string of the molecule is CCCN1CCC(N[C@@H](C)c2ccco2)CC1. The second kappa shape index (κ2) is 6.22. The summed E-state index contributed by atoms with van der Waals surface area (Å²) in [5.41, 5.74) is 0. The molecule has 1 saturated heterocycles. The third kappa shape index (κ3) is 3.58. The standard InChI is InChI=1S/C14H24N2O/c1-3-8-16-9-6-13(7-10-16)15-12(2)14-5-4-11-17-14/h4-5,11-13,15H,3,6-10H2,1-2H3/t12-/m0/s1. The van der Waals surface area contributed by atoms with Crippen LogP contribution in [0.5, 0.6) is 0 Å². The Hall–Kier alpha value is -0.800. The van der Waals surface area contributed by atoms with Crippen molar-refractivity contribution in [3.05, 3.63) is 24.2 Å². The van der Waals surface area contributed by atoms with Gasteiger partial charge in [-0.3, -0.25) is 0 Å². The summed E-state index contributed by atoms with van der Waals surface area (Å²) < 4.78 is 5.42. The maximum absolute atomic E-state index is 5.42. The number of hydrogen-bond acceptors (Lipinski definition) is 3. The van der Waals surface area contributed by atoms with Crippen LogP contribution in [0.1, 0.15) is 44.9 Å². The molecule has 0 saturated carbocycles. The molecule has 1 fully saturated rings. The predicted molar refractivity (Wildman–Crippen MR) is 70.0 cm³/mol. The predicted octanol–water partition coefficient (Wildman–Crippen LogP) is 2.80. The van der Waals surface area contributed by atoms with Crippen molar-refractivity contribution in [1.29, 1.82) is 0 Å². The Morgan fingerprint density at radius 1 is 1.47 bits per heavy atom. The fourth-order valence-corrected chi connectivity index (χ4v) is 2.61. The van der Waals surface area contributed by atoms with Crippen molar-refractivity contribution in [2.24, 2.45) is 0 Å². The van der Waals surface area contributed by atoms with Crippen LogP contribution < -0.4 is 5.32 Å². The zero-order chi connectivity index (χ0) is 12.1. The van der Waals surface area contributed by atoms with Gasteiger partial charge in [0.05, 0.1) is 12.3 Å². The van der Waals surface area contributed by atoms with E-state index < -0.39 is 0 Å². The highest BCUT2D eigenvalue weighted by molar-refractivity contribution is 5.03. The van der Waals surface area contributed by atoms with Gasteiger partial charge in [0.1, 0.15) is 5.76 Å². The minimum absolute atomic E-state index is 0.327. The molecule has 1 atom stereocenters. The molecule has 1 aliphatic heterocycles. The highest BCUT2D eigenvalue weighted by atomic mass is 16.3. The molecule has 0 spiro atoms. The van der Waals surface area contributed by atoms with Crippen LogP contribution in [-0.4, -0.2) is 30.6 Å². The van der Waals surface area contributed by atoms with E-state index in [4.69, 9.17) is 4.42 Å². The minimum atomic E-state index is 0.327. The minimum Gasteiger partial charge on any atom is -0.468 e. The first kappa shape index (κ1) is 12.7. The summed E-state index contributed by atoms with van der Waals surface area (Å²) in [6, 6.07) is 4.97. The summed E-state index contributed by atoms with van der Waals surface area (Å²) >= 11 is 0. The molecule has 0 radical (unpaired) electrons. The normalized spacial score (nSPS) is 20.6. The van der Waals surface area contributed by atoms with Gasteiger partial charge >= 0.3 is 0 Å². The molecular formula is C14H24N2O. The monoisotopic (exact) mass is 236 g/mol. The number of likely N-dealkylation sites (tertiary alicyclic amines) is 1. The number of hydrogen-bond donors (Lipinski definition) is 1. The molecule has 96 valence electrons. The lowest BCUT2D eigenvalue weighted by Crippen LogP contribution is -2.43. The van der Waals surface area contributed by atoms with Crippen LogP contribution in [0.2, 0.25) is 0 Å². The molecule has 1 aromatic rings. The van der Waals surface area contributed by atoms with Gasteiger partial charge in [-0.1, -0.05) is 6.92 Å². The molecule has 0 bridgehead atoms. The number of nitrogens with one attached hydrogen (secondary N) is 1. The van der Waals surface area contributed by atoms with Gasteiger partial charge in [-0.15, -0.1) is 0 Å². The molecule has 0 aliphatic carbocycles. The third-order valence-electron chi connectivity index (χ3n) is 3.58. The zero-order valence-electron chi connectivity index (χ0n) is 11.0. The van der Waals surface area contributed by atoms with Crippen LogP contribution in [0.4, 0.5) is 0 Å². The Kier molecular flexibility index (Phi) is 4.63. The molecule has 1 aliphatic rings. The van der Waals surface area contributed by atoms with Crippen molar-refractivity contribution in [2.75, 3.05) is 19.6 Å². The number of piperidine rings is 1. The molecule has 2 heterocycles. The Morgan fingerprint density at radius 3 is 2.82 bits per heavy atom. The van der Waals surface area contributed by atoms with Crippen LogP contribution >= 0.6 is 0 Å². The molecule has 1 N–H and O–H groups in total. The van der Waals surface area contributed by atoms with E-state index in [0.717, 1.165) is 5.76 Å². The van der Waals surface area contributed by atoms with E-state index in [2.05, 4.69) is 24.1 Å². The van der Waals surface area contributed by atoms with E-state index in [9.17, 15) is 0 Å². The fourth-order valence-electron chi connectivity index (χ4n) is 2.61. The van der Waals surface area contributed by atoms with Gasteiger partial charge in [-0.25, -0.2) is 0 Å². The van der Waals surface area contributed by atoms with Crippen molar-refractivity contribution >= 4 is 0 Å². The summed E-state index contributed by atoms with van der Waals surface area (Å²) in [6.07, 6.45) is 5.52. The lowest BCUT2D eigenvalue weighted by atomic mass is 10.0. The van der Waals surface area contributed by atoms with Gasteiger partial charge in [0.25, 0.3) is 0 Å². The highest BCUT2D eigenvalue weighted by Gasteiger charge is 2.20. The molecule has 3 nitrogen and oxygen atoms in total. The average Bonchev–Trinajstić information content (AvgIpc) is 2.86. The van der Waals surface area contributed by atoms with Crippen LogP contribution in [0, 0.1) is 0 Å². The van der Waals surface area contributed by atoms with E-state index in [1.807, 2.05) is 12.1 Å². The maximum atomic E-state index is 5.42. The first-order valence-corrected chi connectivity index (χ1v) is 6.81. The van der Waals surface area contributed by atoms with E-state index in [0.29, 0.717) is 12.1 Å². The molecule has 0 amide bonds. The molecule has 0 unspecified atom stereocenters. The number of rotatable bonds is 5. The van der Waals surface area contributed by atoms with Crippen molar-refractivity contribution in [1.82, 2.24) is 10.2 Å². The summed E-state index contributed by atoms with van der Waals surface area (Å²) in [7, 11) is 0. The van der Waals surface area contributed by atoms with E-state index >= 15 is 0 Å². The molecular weight excluding hydrogens is 212 g/mol. The van der Waals surface area contributed by atoms with Gasteiger partial charge in [-0.05, 0) is 58.0 Å². The quantitative estimate of drug-likeness (QED) is 0.852. The van der Waals surface area contributed by atoms with E-state index in [-0.39, 0.29) is 0 Å². The summed E-state index contributed by atoms with van der Waals surface area (Å²) in [6.45, 7) is 8.15. The van der Waals surface area contributed by atoms with Crippen LogP contribution in [0.15, 0.2) is 22.8 Å². The molecule has 0 aromatic carbocycles. The van der Waals surface area contributed by atoms with Crippen LogP contribution in [-0.2, 0) is 0 Å². The summed E-state index contributed by atoms with van der Waals surface area (Å²) in [5, 5.41) is 3.66. The molecule has 3 heteroatoms. The van der Waals surface area contributed by atoms with Gasteiger partial charge in [-0.2, -0.15) is 0 Å². The average molecular weight is 236 g/mol. The smallest absolute Gasteiger partial charge is 0.120 e. The van der Waals surface area contributed by atoms with Crippen molar-refractivity contribution in [3.8, 4) is 0 Å². The van der Waals surface area contributed by atoms with Crippen LogP contribution in [0.25, 0.3) is 0 Å². The number of nitrogens with zero attached hydrogens (tertiary/aromatic N) is 1. The van der Waals surface area contributed by atoms with Gasteiger partial charge in [0, 0.05) is 6.04 Å². The largest absolute Gasteiger partial charge is 0.468 e. The Labute approximate surface area is 104 Å². The highest BCUT2D eigenvalue weighted by Crippen LogP contribution is 2.17. The van der Waals surface area contributed by atoms with E-state index in [1.165, 1.54) is 38.9 Å². The molecule has 17 heavy (non-hydrogen) atoms. The topological polar surface area (TPSA) is 28.4 Å². The Bertz CT molecular complexity index is 302. The fraction of sp³-hybridized carbons (Fsp3) is 0.714. The molecule has 2 rings (SSSR count). The van der Waals surface area contributed by atoms with Gasteiger partial charge in [0.2, 0.25) is 0 Å². The van der Waals surface area contributed by atoms with E-state index in [1.54, 1.807) is 6.26 Å². The summed E-state index contributed by atoms with van der Waals surface area (Å²) in [4.78, 5) is 2.57. The Morgan fingerprint density at radius 2 is 2.24 bits per heavy atom. The Balaban J connectivity index is 1.74. The summed E-state index contributed by atoms with van der Waals surface area (Å²) in [5.74, 6) is 1.04. The zero-order valence-corrected chi connectivity index (χ0v) is 11.0. The van der Waals surface area contributed by atoms with Crippen molar-refractivity contribution < 1.29 is 4.42 Å². The van der Waals surface area contributed by atoms with Crippen LogP contribution in [0.3, 0.4) is 0 Å². The first-order chi connectivity index (χ1) is 8.29. The van der Waals surface area contributed by atoms with Crippen molar-refractivity contribution in [3.63, 3.8) is 0 Å². The maximum Gasteiger partial charge on any atom is 0.120 e. The second-order valence-corrected chi connectivity index (χ2v) is 5.02. The lowest BCUT2D eigenvalue weighted by Gasteiger charge is -2.33. The molecule has 1 aromatic heterocycles. The third-order valence-corrected chi connectivity index (χ3v) is 3.58. The van der Waals surface area contributed by atoms with Crippen molar-refractivity contribution in [2.45, 2.75) is 45.2 Å². The first-order valence-electron chi connectivity index (χ1n) is 6.81. The number of furan rings is 1. The lowest BCUT2D eigenvalue weighted by molar-refractivity contribution is 0.190.